The summed E-state index contributed by atoms with van der Waals surface area (Å²) in [5.74, 6) is 0.472. The van der Waals surface area contributed by atoms with E-state index in [0.717, 1.165) is 13.0 Å². The molecule has 0 radical (unpaired) electrons. The van der Waals surface area contributed by atoms with Crippen LogP contribution in [-0.4, -0.2) is 18.8 Å². The molecule has 118 valence electrons. The Hall–Kier alpha value is -1.55. The first-order chi connectivity index (χ1) is 11.4. The number of hydrogen-bond donors (Lipinski definition) is 0. The highest BCUT2D eigenvalue weighted by atomic mass is 32.2. The minimum Gasteiger partial charge on any atom is -0.376 e. The summed E-state index contributed by atoms with van der Waals surface area (Å²) >= 11 is 1.83. The summed E-state index contributed by atoms with van der Waals surface area (Å²) in [5.41, 5.74) is 1.23. The van der Waals surface area contributed by atoms with Crippen molar-refractivity contribution in [3.05, 3.63) is 77.2 Å². The smallest absolute Gasteiger partial charge is 0.0943 e. The highest BCUT2D eigenvalue weighted by molar-refractivity contribution is 8.03. The summed E-state index contributed by atoms with van der Waals surface area (Å²) in [6, 6.07) is 20.9. The molecule has 23 heavy (non-hydrogen) atoms. The predicted molar refractivity (Wildman–Crippen MR) is 93.2 cm³/mol. The van der Waals surface area contributed by atoms with Gasteiger partial charge in [0.05, 0.1) is 25.4 Å². The third-order valence-corrected chi connectivity index (χ3v) is 5.45. The SMILES string of the molecule is C1=C(Sc2ccccc2)[C@@H]2O[C@H]1C[C@@H]2COCc1ccccc1. The summed E-state index contributed by atoms with van der Waals surface area (Å²) in [5, 5.41) is 0. The molecule has 0 unspecified atom stereocenters. The molecule has 0 saturated carbocycles. The summed E-state index contributed by atoms with van der Waals surface area (Å²) < 4.78 is 12.0. The Morgan fingerprint density at radius 1 is 1.00 bits per heavy atom. The molecule has 2 aliphatic heterocycles. The van der Waals surface area contributed by atoms with Crippen LogP contribution in [-0.2, 0) is 16.1 Å². The van der Waals surface area contributed by atoms with Gasteiger partial charge in [0.15, 0.2) is 0 Å². The van der Waals surface area contributed by atoms with Crippen molar-refractivity contribution in [2.24, 2.45) is 5.92 Å². The molecule has 0 aromatic heterocycles. The molecule has 2 aliphatic rings. The second kappa shape index (κ2) is 6.91. The quantitative estimate of drug-likeness (QED) is 0.769. The first kappa shape index (κ1) is 15.0. The molecule has 2 bridgehead atoms. The lowest BCUT2D eigenvalue weighted by atomic mass is 9.95. The van der Waals surface area contributed by atoms with Gasteiger partial charge in [0.25, 0.3) is 0 Å². The Morgan fingerprint density at radius 2 is 1.74 bits per heavy atom. The maximum absolute atomic E-state index is 6.08. The van der Waals surface area contributed by atoms with E-state index < -0.39 is 0 Å². The maximum atomic E-state index is 6.08. The van der Waals surface area contributed by atoms with Crippen LogP contribution in [0.1, 0.15) is 12.0 Å². The normalized spacial score (nSPS) is 25.6. The molecule has 2 heterocycles. The first-order valence-electron chi connectivity index (χ1n) is 8.10. The average molecular weight is 324 g/mol. The number of fused-ring (bicyclic) bond motifs is 2. The van der Waals surface area contributed by atoms with Gasteiger partial charge in [-0.2, -0.15) is 0 Å². The molecule has 3 atom stereocenters. The fourth-order valence-corrected chi connectivity index (χ4v) is 4.39. The largest absolute Gasteiger partial charge is 0.376 e. The standard InChI is InChI=1S/C20H20O2S/c1-3-7-15(8-4-1)13-21-14-16-11-17-12-19(20(16)22-17)23-18-9-5-2-6-10-18/h1-10,12,16-17,20H,11,13-14H2/t16-,17+,20-/m1/s1. The van der Waals surface area contributed by atoms with Crippen molar-refractivity contribution in [2.45, 2.75) is 30.1 Å². The van der Waals surface area contributed by atoms with Crippen molar-refractivity contribution >= 4 is 11.8 Å². The van der Waals surface area contributed by atoms with E-state index in [2.05, 4.69) is 60.7 Å². The highest BCUT2D eigenvalue weighted by Crippen LogP contribution is 2.45. The molecular formula is C20H20O2S. The molecule has 2 nitrogen and oxygen atoms in total. The molecule has 0 spiro atoms. The van der Waals surface area contributed by atoms with Crippen LogP contribution in [0, 0.1) is 5.92 Å². The van der Waals surface area contributed by atoms with Gasteiger partial charge in [0, 0.05) is 15.7 Å². The van der Waals surface area contributed by atoms with E-state index in [4.69, 9.17) is 9.47 Å². The summed E-state index contributed by atoms with van der Waals surface area (Å²) in [4.78, 5) is 2.62. The Bertz CT molecular complexity index is 669. The van der Waals surface area contributed by atoms with E-state index in [-0.39, 0.29) is 12.2 Å². The highest BCUT2D eigenvalue weighted by Gasteiger charge is 2.42. The van der Waals surface area contributed by atoms with E-state index in [1.54, 1.807) is 0 Å². The second-order valence-electron chi connectivity index (χ2n) is 6.08. The van der Waals surface area contributed by atoms with Gasteiger partial charge < -0.3 is 9.47 Å². The predicted octanol–water partition coefficient (Wildman–Crippen LogP) is 4.67. The number of ether oxygens (including phenoxy) is 2. The van der Waals surface area contributed by atoms with Gasteiger partial charge in [-0.25, -0.2) is 0 Å². The van der Waals surface area contributed by atoms with Crippen molar-refractivity contribution in [3.63, 3.8) is 0 Å². The second-order valence-corrected chi connectivity index (χ2v) is 7.22. The zero-order valence-corrected chi connectivity index (χ0v) is 13.7. The first-order valence-corrected chi connectivity index (χ1v) is 8.92. The molecule has 0 aliphatic carbocycles. The van der Waals surface area contributed by atoms with Crippen LogP contribution in [0.4, 0.5) is 0 Å². The van der Waals surface area contributed by atoms with Gasteiger partial charge >= 0.3 is 0 Å². The number of rotatable bonds is 6. The molecule has 4 rings (SSSR count). The van der Waals surface area contributed by atoms with Gasteiger partial charge in [-0.3, -0.25) is 0 Å². The van der Waals surface area contributed by atoms with Crippen LogP contribution in [0.3, 0.4) is 0 Å². The van der Waals surface area contributed by atoms with E-state index in [9.17, 15) is 0 Å². The van der Waals surface area contributed by atoms with Crippen LogP contribution in [0.15, 0.2) is 76.5 Å². The van der Waals surface area contributed by atoms with Crippen LogP contribution in [0.25, 0.3) is 0 Å². The Kier molecular flexibility index (Phi) is 4.51. The van der Waals surface area contributed by atoms with Crippen LogP contribution in [0.2, 0.25) is 0 Å². The van der Waals surface area contributed by atoms with Crippen LogP contribution in [0.5, 0.6) is 0 Å². The molecule has 1 saturated heterocycles. The van der Waals surface area contributed by atoms with Crippen molar-refractivity contribution in [3.8, 4) is 0 Å². The van der Waals surface area contributed by atoms with Crippen molar-refractivity contribution in [1.29, 1.82) is 0 Å². The van der Waals surface area contributed by atoms with Crippen molar-refractivity contribution < 1.29 is 9.47 Å². The maximum Gasteiger partial charge on any atom is 0.0943 e. The van der Waals surface area contributed by atoms with E-state index in [1.807, 2.05) is 17.8 Å². The number of benzene rings is 2. The Balaban J connectivity index is 1.33. The minimum absolute atomic E-state index is 0.209. The number of hydrogen-bond acceptors (Lipinski definition) is 3. The molecule has 1 fully saturated rings. The Morgan fingerprint density at radius 3 is 2.48 bits per heavy atom. The topological polar surface area (TPSA) is 18.5 Å². The molecule has 0 amide bonds. The Labute approximate surface area is 141 Å². The lowest BCUT2D eigenvalue weighted by Crippen LogP contribution is -2.22. The van der Waals surface area contributed by atoms with E-state index in [0.29, 0.717) is 12.5 Å². The monoisotopic (exact) mass is 324 g/mol. The molecule has 3 heteroatoms. The third kappa shape index (κ3) is 3.52. The third-order valence-electron chi connectivity index (χ3n) is 4.34. The average Bonchev–Trinajstić information content (AvgIpc) is 3.17. The zero-order valence-electron chi connectivity index (χ0n) is 12.9. The number of thioether (sulfide) groups is 1. The lowest BCUT2D eigenvalue weighted by molar-refractivity contribution is 0.0545. The minimum atomic E-state index is 0.209. The molecule has 0 N–H and O–H groups in total. The van der Waals surface area contributed by atoms with Gasteiger partial charge in [-0.1, -0.05) is 60.3 Å². The summed E-state index contributed by atoms with van der Waals surface area (Å²) in [6.45, 7) is 1.45. The van der Waals surface area contributed by atoms with Crippen LogP contribution < -0.4 is 0 Å². The van der Waals surface area contributed by atoms with Crippen molar-refractivity contribution in [1.82, 2.24) is 0 Å². The molecule has 2 aromatic carbocycles. The summed E-state index contributed by atoms with van der Waals surface area (Å²) in [6.07, 6.45) is 3.85. The fraction of sp³-hybridized carbons (Fsp3) is 0.300. The van der Waals surface area contributed by atoms with Gasteiger partial charge in [-0.05, 0) is 30.2 Å². The van der Waals surface area contributed by atoms with Gasteiger partial charge in [-0.15, -0.1) is 0 Å². The lowest BCUT2D eigenvalue weighted by Gasteiger charge is -2.20. The van der Waals surface area contributed by atoms with E-state index in [1.165, 1.54) is 15.4 Å². The van der Waals surface area contributed by atoms with Crippen LogP contribution >= 0.6 is 11.8 Å². The fourth-order valence-electron chi connectivity index (χ4n) is 3.24. The van der Waals surface area contributed by atoms with Gasteiger partial charge in [0.1, 0.15) is 0 Å². The van der Waals surface area contributed by atoms with Crippen molar-refractivity contribution in [2.75, 3.05) is 6.61 Å². The van der Waals surface area contributed by atoms with E-state index >= 15 is 0 Å². The summed E-state index contributed by atoms with van der Waals surface area (Å²) in [7, 11) is 0. The zero-order chi connectivity index (χ0) is 15.5. The molecule has 2 aromatic rings. The van der Waals surface area contributed by atoms with Gasteiger partial charge in [0.2, 0.25) is 0 Å². The molecular weight excluding hydrogens is 304 g/mol.